The topological polar surface area (TPSA) is 57.8 Å². The summed E-state index contributed by atoms with van der Waals surface area (Å²) in [6.45, 7) is 0. The van der Waals surface area contributed by atoms with Crippen molar-refractivity contribution in [1.82, 2.24) is 15.3 Å². The highest BCUT2D eigenvalue weighted by atomic mass is 32.2. The van der Waals surface area contributed by atoms with Gasteiger partial charge in [-0.3, -0.25) is 4.79 Å². The van der Waals surface area contributed by atoms with Gasteiger partial charge in [-0.2, -0.15) is 26.3 Å². The molecule has 1 amide bonds. The molecule has 0 radical (unpaired) electrons. The Morgan fingerprint density at radius 3 is 2.29 bits per heavy atom. The van der Waals surface area contributed by atoms with Gasteiger partial charge < -0.3 is 10.3 Å². The van der Waals surface area contributed by atoms with Crippen molar-refractivity contribution in [3.05, 3.63) is 59.4 Å². The number of carbonyl (C=O) groups excluding carboxylic acids is 1. The van der Waals surface area contributed by atoms with Crippen LogP contribution in [0.4, 0.5) is 30.7 Å². The van der Waals surface area contributed by atoms with Gasteiger partial charge in [-0.05, 0) is 62.1 Å². The van der Waals surface area contributed by atoms with E-state index in [1.807, 2.05) is 0 Å². The van der Waals surface area contributed by atoms with Crippen molar-refractivity contribution in [3.63, 3.8) is 0 Å². The lowest BCUT2D eigenvalue weighted by atomic mass is 9.93. The monoisotopic (exact) mass is 505 g/mol. The second-order valence-electron chi connectivity index (χ2n) is 8.07. The van der Waals surface area contributed by atoms with Crippen molar-refractivity contribution in [2.75, 3.05) is 0 Å². The number of aromatic nitrogens is 2. The van der Waals surface area contributed by atoms with E-state index in [9.17, 15) is 31.1 Å². The average molecular weight is 505 g/mol. The van der Waals surface area contributed by atoms with Crippen molar-refractivity contribution in [2.24, 2.45) is 0 Å². The van der Waals surface area contributed by atoms with Crippen molar-refractivity contribution in [2.45, 2.75) is 54.0 Å². The second-order valence-corrected chi connectivity index (χ2v) is 9.48. The van der Waals surface area contributed by atoms with Crippen LogP contribution in [-0.4, -0.2) is 26.9 Å². The number of aromatic amines is 1. The predicted octanol–water partition coefficient (Wildman–Crippen LogP) is 6.73. The maximum absolute atomic E-state index is 15.3. The molecule has 3 aromatic rings. The van der Waals surface area contributed by atoms with Crippen LogP contribution in [0.15, 0.2) is 47.4 Å². The molecule has 182 valence electrons. The minimum atomic E-state index is -4.53. The van der Waals surface area contributed by atoms with Crippen LogP contribution in [0.5, 0.6) is 0 Å². The third-order valence-corrected chi connectivity index (χ3v) is 6.82. The summed E-state index contributed by atoms with van der Waals surface area (Å²) in [5.41, 5.74) is -1.47. The summed E-state index contributed by atoms with van der Waals surface area (Å²) in [6.07, 6.45) is -8.55. The van der Waals surface area contributed by atoms with E-state index in [0.29, 0.717) is 0 Å². The molecule has 1 saturated carbocycles. The maximum Gasteiger partial charge on any atom is 0.416 e. The minimum Gasteiger partial charge on any atom is -0.347 e. The van der Waals surface area contributed by atoms with Crippen LogP contribution in [0, 0.1) is 0 Å². The van der Waals surface area contributed by atoms with Crippen LogP contribution in [0.1, 0.15) is 47.4 Å². The lowest BCUT2D eigenvalue weighted by Gasteiger charge is -2.33. The number of carbonyl (C=O) groups is 1. The molecule has 1 heterocycles. The van der Waals surface area contributed by atoms with E-state index in [1.165, 1.54) is 12.1 Å². The van der Waals surface area contributed by atoms with E-state index in [0.717, 1.165) is 42.1 Å². The number of alkyl halides is 7. The average Bonchev–Trinajstić information content (AvgIpc) is 3.18. The summed E-state index contributed by atoms with van der Waals surface area (Å²) in [5.74, 6) is -0.795. The lowest BCUT2D eigenvalue weighted by molar-refractivity contribution is -0.138. The zero-order chi connectivity index (χ0) is 24.7. The summed E-state index contributed by atoms with van der Waals surface area (Å²) in [6, 6.07) is 6.96. The Morgan fingerprint density at radius 1 is 1.00 bits per heavy atom. The quantitative estimate of drug-likeness (QED) is 0.387. The molecule has 4 nitrogen and oxygen atoms in total. The van der Waals surface area contributed by atoms with E-state index in [1.54, 1.807) is 0 Å². The predicted molar refractivity (Wildman–Crippen MR) is 112 cm³/mol. The largest absolute Gasteiger partial charge is 0.416 e. The molecular formula is C22H18F7N3OS. The summed E-state index contributed by atoms with van der Waals surface area (Å²) in [5, 5.41) is 0.913. The van der Waals surface area contributed by atoms with Crippen molar-refractivity contribution >= 4 is 28.7 Å². The first-order chi connectivity index (χ1) is 15.8. The summed E-state index contributed by atoms with van der Waals surface area (Å²) >= 11 is 0.731. The Morgan fingerprint density at radius 2 is 1.65 bits per heavy atom. The first kappa shape index (κ1) is 24.4. The van der Waals surface area contributed by atoms with Crippen LogP contribution < -0.4 is 5.32 Å². The Kier molecular flexibility index (Phi) is 6.30. The number of hydrogen-bond donors (Lipinski definition) is 2. The first-order valence-electron chi connectivity index (χ1n) is 10.3. The third kappa shape index (κ3) is 5.48. The molecule has 0 unspecified atom stereocenters. The van der Waals surface area contributed by atoms with E-state index >= 15 is 4.39 Å². The van der Waals surface area contributed by atoms with Gasteiger partial charge in [-0.15, -0.1) is 0 Å². The Hall–Kier alpha value is -2.76. The molecule has 0 spiro atoms. The molecule has 4 rings (SSSR count). The smallest absolute Gasteiger partial charge is 0.347 e. The van der Waals surface area contributed by atoms with E-state index < -0.39 is 40.4 Å². The summed E-state index contributed by atoms with van der Waals surface area (Å²) in [4.78, 5) is 19.3. The molecule has 12 heteroatoms. The molecular weight excluding hydrogens is 487 g/mol. The number of hydrogen-bond acceptors (Lipinski definition) is 3. The van der Waals surface area contributed by atoms with E-state index in [2.05, 4.69) is 15.3 Å². The first-order valence-corrected chi connectivity index (χ1v) is 11.1. The highest BCUT2D eigenvalue weighted by Gasteiger charge is 2.38. The van der Waals surface area contributed by atoms with Gasteiger partial charge >= 0.3 is 12.4 Å². The number of thioether (sulfide) groups is 1. The van der Waals surface area contributed by atoms with Crippen LogP contribution in [0.2, 0.25) is 0 Å². The zero-order valence-electron chi connectivity index (χ0n) is 17.4. The van der Waals surface area contributed by atoms with Gasteiger partial charge in [0.1, 0.15) is 0 Å². The minimum absolute atomic E-state index is 0.00787. The molecule has 1 aromatic heterocycles. The number of nitrogens with zero attached hydrogens (tertiary/aromatic N) is 1. The molecule has 0 atom stereocenters. The number of amides is 1. The lowest BCUT2D eigenvalue weighted by Crippen LogP contribution is -2.41. The van der Waals surface area contributed by atoms with Crippen LogP contribution in [0.3, 0.4) is 0 Å². The maximum atomic E-state index is 15.3. The molecule has 1 aliphatic rings. The number of imidazole rings is 1. The Labute approximate surface area is 193 Å². The molecule has 2 N–H and O–H groups in total. The summed E-state index contributed by atoms with van der Waals surface area (Å²) < 4.78 is 92.5. The number of halogens is 7. The Bertz CT molecular complexity index is 1200. The van der Waals surface area contributed by atoms with Crippen molar-refractivity contribution in [1.29, 1.82) is 0 Å². The van der Waals surface area contributed by atoms with E-state index in [-0.39, 0.29) is 47.4 Å². The van der Waals surface area contributed by atoms with Crippen LogP contribution >= 0.6 is 11.8 Å². The third-order valence-electron chi connectivity index (χ3n) is 5.55. The van der Waals surface area contributed by atoms with Gasteiger partial charge in [0.2, 0.25) is 0 Å². The number of H-pyrrole nitrogens is 1. The molecule has 2 aromatic carbocycles. The Balaban J connectivity index is 1.37. The summed E-state index contributed by atoms with van der Waals surface area (Å²) in [7, 11) is 0. The zero-order valence-corrected chi connectivity index (χ0v) is 18.2. The fourth-order valence-corrected chi connectivity index (χ4v) is 4.98. The van der Waals surface area contributed by atoms with Crippen LogP contribution in [0.25, 0.3) is 11.0 Å². The number of benzene rings is 2. The number of rotatable bonds is 4. The van der Waals surface area contributed by atoms with Gasteiger partial charge in [-0.1, -0.05) is 17.8 Å². The van der Waals surface area contributed by atoms with Gasteiger partial charge in [-0.25, -0.2) is 9.37 Å². The standard InChI is InChI=1S/C22H18F7N3OS/c23-20(34-15-3-1-2-12(10-15)21(24,25)26)8-6-14(7-9-20)30-19(33)18-31-16-5-4-13(22(27,28)29)11-17(16)32-18/h1-5,10-11,14H,6-9H2,(H,30,33)(H,31,32). The molecule has 1 aliphatic carbocycles. The van der Waals surface area contributed by atoms with E-state index in [4.69, 9.17) is 0 Å². The second kappa shape index (κ2) is 8.79. The molecule has 34 heavy (non-hydrogen) atoms. The van der Waals surface area contributed by atoms with Crippen molar-refractivity contribution < 1.29 is 35.5 Å². The SMILES string of the molecule is O=C(NC1CCC(F)(Sc2cccc(C(F)(F)F)c2)CC1)c1nc2ccc(C(F)(F)F)cc2[nH]1. The van der Waals surface area contributed by atoms with Crippen molar-refractivity contribution in [3.8, 4) is 0 Å². The fourth-order valence-electron chi connectivity index (χ4n) is 3.79. The molecule has 1 fully saturated rings. The normalized spacial score (nSPS) is 21.6. The fraction of sp³-hybridized carbons (Fsp3) is 0.364. The highest BCUT2D eigenvalue weighted by Crippen LogP contribution is 2.46. The van der Waals surface area contributed by atoms with Gasteiger partial charge in [0.15, 0.2) is 10.8 Å². The highest BCUT2D eigenvalue weighted by molar-refractivity contribution is 8.00. The van der Waals surface area contributed by atoms with Gasteiger partial charge in [0.05, 0.1) is 22.2 Å². The molecule has 0 bridgehead atoms. The van der Waals surface area contributed by atoms with Gasteiger partial charge in [0.25, 0.3) is 5.91 Å². The molecule has 0 saturated heterocycles. The van der Waals surface area contributed by atoms with Gasteiger partial charge in [0, 0.05) is 10.9 Å². The molecule has 0 aliphatic heterocycles. The number of nitrogens with one attached hydrogen (secondary N) is 2. The van der Waals surface area contributed by atoms with Crippen LogP contribution in [-0.2, 0) is 12.4 Å². The number of fused-ring (bicyclic) bond motifs is 1.